The molecule has 0 aliphatic heterocycles. The van der Waals surface area contributed by atoms with Crippen molar-refractivity contribution in [1.82, 2.24) is 0 Å². The van der Waals surface area contributed by atoms with Gasteiger partial charge in [-0.3, -0.25) is 0 Å². The van der Waals surface area contributed by atoms with Crippen molar-refractivity contribution in [3.05, 3.63) is 35.9 Å². The van der Waals surface area contributed by atoms with Crippen LogP contribution in [0, 0.1) is 11.3 Å². The highest BCUT2D eigenvalue weighted by atomic mass is 14.7. The third-order valence-corrected chi connectivity index (χ3v) is 4.79. The van der Waals surface area contributed by atoms with Gasteiger partial charge in [0.05, 0.1) is 0 Å². The summed E-state index contributed by atoms with van der Waals surface area (Å²) in [6, 6.07) is 11.1. The number of benzene rings is 1. The SMILES string of the molecule is CC(C)CC1(C(N)CCc2ccccc2)CCCC1. The van der Waals surface area contributed by atoms with Gasteiger partial charge in [-0.15, -0.1) is 0 Å². The second kappa shape index (κ2) is 6.56. The van der Waals surface area contributed by atoms with E-state index in [2.05, 4.69) is 44.2 Å². The topological polar surface area (TPSA) is 26.0 Å². The van der Waals surface area contributed by atoms with Crippen LogP contribution in [0.15, 0.2) is 30.3 Å². The van der Waals surface area contributed by atoms with E-state index in [1.807, 2.05) is 0 Å². The van der Waals surface area contributed by atoms with Gasteiger partial charge in [-0.2, -0.15) is 0 Å². The minimum atomic E-state index is 0.373. The average Bonchev–Trinajstić information content (AvgIpc) is 2.86. The molecule has 1 atom stereocenters. The summed E-state index contributed by atoms with van der Waals surface area (Å²) in [5.74, 6) is 0.765. The largest absolute Gasteiger partial charge is 0.327 e. The van der Waals surface area contributed by atoms with E-state index < -0.39 is 0 Å². The highest BCUT2D eigenvalue weighted by Gasteiger charge is 2.39. The maximum absolute atomic E-state index is 6.61. The lowest BCUT2D eigenvalue weighted by atomic mass is 9.71. The van der Waals surface area contributed by atoms with Gasteiger partial charge in [0.2, 0.25) is 0 Å². The van der Waals surface area contributed by atoms with Gasteiger partial charge in [-0.25, -0.2) is 0 Å². The molecule has 1 saturated carbocycles. The van der Waals surface area contributed by atoms with Gasteiger partial charge in [-0.05, 0) is 49.0 Å². The van der Waals surface area contributed by atoms with Crippen molar-refractivity contribution in [2.24, 2.45) is 17.1 Å². The van der Waals surface area contributed by atoms with E-state index >= 15 is 0 Å². The Bertz CT molecular complexity index is 363. The summed E-state index contributed by atoms with van der Waals surface area (Å²) in [7, 11) is 0. The van der Waals surface area contributed by atoms with Crippen molar-refractivity contribution in [3.8, 4) is 0 Å². The lowest BCUT2D eigenvalue weighted by Gasteiger charge is -2.37. The Morgan fingerprint density at radius 1 is 1.11 bits per heavy atom. The molecule has 1 unspecified atom stereocenters. The van der Waals surface area contributed by atoms with Gasteiger partial charge >= 0.3 is 0 Å². The zero-order valence-electron chi connectivity index (χ0n) is 12.6. The molecular formula is C18H29N. The summed E-state index contributed by atoms with van der Waals surface area (Å²) in [5.41, 5.74) is 8.47. The molecule has 19 heavy (non-hydrogen) atoms. The monoisotopic (exact) mass is 259 g/mol. The normalized spacial score (nSPS) is 19.8. The molecule has 1 heteroatoms. The molecule has 0 heterocycles. The fraction of sp³-hybridized carbons (Fsp3) is 0.667. The average molecular weight is 259 g/mol. The molecule has 1 nitrogen and oxygen atoms in total. The molecule has 0 saturated heterocycles. The number of nitrogens with two attached hydrogens (primary N) is 1. The first-order valence-corrected chi connectivity index (χ1v) is 7.92. The van der Waals surface area contributed by atoms with Gasteiger partial charge in [0, 0.05) is 6.04 Å². The quantitative estimate of drug-likeness (QED) is 0.796. The smallest absolute Gasteiger partial charge is 0.00988 e. The number of hydrogen-bond donors (Lipinski definition) is 1. The minimum Gasteiger partial charge on any atom is -0.327 e. The maximum atomic E-state index is 6.61. The second-order valence-corrected chi connectivity index (χ2v) is 6.80. The summed E-state index contributed by atoms with van der Waals surface area (Å²) in [5, 5.41) is 0. The third-order valence-electron chi connectivity index (χ3n) is 4.79. The molecule has 2 N–H and O–H groups in total. The van der Waals surface area contributed by atoms with Crippen LogP contribution < -0.4 is 5.73 Å². The molecule has 1 fully saturated rings. The van der Waals surface area contributed by atoms with E-state index in [1.165, 1.54) is 37.7 Å². The van der Waals surface area contributed by atoms with Crippen molar-refractivity contribution >= 4 is 0 Å². The molecule has 0 amide bonds. The van der Waals surface area contributed by atoms with Crippen LogP contribution in [-0.2, 0) is 6.42 Å². The van der Waals surface area contributed by atoms with Gasteiger partial charge in [0.1, 0.15) is 0 Å². The molecule has 0 bridgehead atoms. The standard InChI is InChI=1S/C18H29N/c1-15(2)14-18(12-6-7-13-18)17(19)11-10-16-8-4-3-5-9-16/h3-5,8-9,15,17H,6-7,10-14,19H2,1-2H3. The molecule has 0 spiro atoms. The van der Waals surface area contributed by atoms with Crippen LogP contribution in [0.5, 0.6) is 0 Å². The Labute approximate surface area is 118 Å². The number of hydrogen-bond acceptors (Lipinski definition) is 1. The van der Waals surface area contributed by atoms with Crippen LogP contribution >= 0.6 is 0 Å². The first kappa shape index (κ1) is 14.6. The Morgan fingerprint density at radius 2 is 1.74 bits per heavy atom. The van der Waals surface area contributed by atoms with Crippen molar-refractivity contribution in [3.63, 3.8) is 0 Å². The van der Waals surface area contributed by atoms with E-state index in [0.717, 1.165) is 18.8 Å². The molecule has 0 radical (unpaired) electrons. The van der Waals surface area contributed by atoms with Crippen molar-refractivity contribution < 1.29 is 0 Å². The third kappa shape index (κ3) is 3.82. The van der Waals surface area contributed by atoms with E-state index in [0.29, 0.717) is 11.5 Å². The Hall–Kier alpha value is -0.820. The lowest BCUT2D eigenvalue weighted by Crippen LogP contribution is -2.41. The fourth-order valence-electron chi connectivity index (χ4n) is 3.89. The van der Waals surface area contributed by atoms with Gasteiger partial charge < -0.3 is 5.73 Å². The zero-order valence-corrected chi connectivity index (χ0v) is 12.6. The van der Waals surface area contributed by atoms with E-state index in [-0.39, 0.29) is 0 Å². The summed E-state index contributed by atoms with van der Waals surface area (Å²) < 4.78 is 0. The fourth-order valence-corrected chi connectivity index (χ4v) is 3.89. The van der Waals surface area contributed by atoms with E-state index in [9.17, 15) is 0 Å². The second-order valence-electron chi connectivity index (χ2n) is 6.80. The molecule has 106 valence electrons. The summed E-state index contributed by atoms with van der Waals surface area (Å²) in [4.78, 5) is 0. The van der Waals surface area contributed by atoms with Crippen LogP contribution in [0.4, 0.5) is 0 Å². The molecule has 1 aliphatic carbocycles. The molecule has 0 aromatic heterocycles. The summed E-state index contributed by atoms with van der Waals surface area (Å²) in [6.45, 7) is 4.67. The molecule has 1 aliphatic rings. The predicted octanol–water partition coefficient (Wildman–Crippen LogP) is 4.55. The van der Waals surface area contributed by atoms with E-state index in [4.69, 9.17) is 5.73 Å². The lowest BCUT2D eigenvalue weighted by molar-refractivity contribution is 0.175. The minimum absolute atomic E-state index is 0.373. The van der Waals surface area contributed by atoms with Gasteiger partial charge in [-0.1, -0.05) is 57.0 Å². The summed E-state index contributed by atoms with van der Waals surface area (Å²) >= 11 is 0. The first-order valence-electron chi connectivity index (χ1n) is 7.92. The molecule has 1 aromatic carbocycles. The van der Waals surface area contributed by atoms with Crippen molar-refractivity contribution in [2.45, 2.75) is 64.8 Å². The first-order chi connectivity index (χ1) is 9.12. The van der Waals surface area contributed by atoms with Gasteiger partial charge in [0.25, 0.3) is 0 Å². The van der Waals surface area contributed by atoms with Crippen LogP contribution in [0.25, 0.3) is 0 Å². The van der Waals surface area contributed by atoms with Crippen LogP contribution in [0.2, 0.25) is 0 Å². The van der Waals surface area contributed by atoms with E-state index in [1.54, 1.807) is 0 Å². The molecular weight excluding hydrogens is 230 g/mol. The number of rotatable bonds is 6. The van der Waals surface area contributed by atoms with Gasteiger partial charge in [0.15, 0.2) is 0 Å². The maximum Gasteiger partial charge on any atom is 0.00988 e. The number of aryl methyl sites for hydroxylation is 1. The predicted molar refractivity (Wildman–Crippen MR) is 83.1 cm³/mol. The Kier molecular flexibility index (Phi) is 5.04. The zero-order chi connectivity index (χ0) is 13.7. The molecule has 2 rings (SSSR count). The summed E-state index contributed by atoms with van der Waals surface area (Å²) in [6.07, 6.45) is 9.03. The highest BCUT2D eigenvalue weighted by Crippen LogP contribution is 2.46. The Balaban J connectivity index is 1.94. The Morgan fingerprint density at radius 3 is 2.32 bits per heavy atom. The van der Waals surface area contributed by atoms with Crippen LogP contribution in [0.3, 0.4) is 0 Å². The van der Waals surface area contributed by atoms with Crippen molar-refractivity contribution in [2.75, 3.05) is 0 Å². The van der Waals surface area contributed by atoms with Crippen molar-refractivity contribution in [1.29, 1.82) is 0 Å². The molecule has 1 aromatic rings. The van der Waals surface area contributed by atoms with Crippen LogP contribution in [-0.4, -0.2) is 6.04 Å². The highest BCUT2D eigenvalue weighted by molar-refractivity contribution is 5.15. The van der Waals surface area contributed by atoms with Crippen LogP contribution in [0.1, 0.15) is 57.9 Å².